The summed E-state index contributed by atoms with van der Waals surface area (Å²) < 4.78 is 17.7. The first kappa shape index (κ1) is 51.9. The van der Waals surface area contributed by atoms with Crippen molar-refractivity contribution in [3.8, 4) is 0 Å². The summed E-state index contributed by atoms with van der Waals surface area (Å²) in [5.74, 6) is 0.758. The van der Waals surface area contributed by atoms with Crippen molar-refractivity contribution < 1.29 is 23.8 Å². The monoisotopic (exact) mass is 778 g/mol. The van der Waals surface area contributed by atoms with Crippen molar-refractivity contribution in [1.29, 1.82) is 0 Å². The molecule has 0 N–H and O–H groups in total. The van der Waals surface area contributed by atoms with Crippen LogP contribution in [0.4, 0.5) is 0 Å². The molecule has 55 heavy (non-hydrogen) atoms. The van der Waals surface area contributed by atoms with E-state index in [1.807, 2.05) is 0 Å². The topological polar surface area (TPSA) is 65.1 Å². The summed E-state index contributed by atoms with van der Waals surface area (Å²) in [5, 5.41) is 0. The lowest BCUT2D eigenvalue weighted by atomic mass is 10.0. The smallest absolute Gasteiger partial charge is 0.306 e. The van der Waals surface area contributed by atoms with Crippen molar-refractivity contribution in [2.45, 2.75) is 265 Å². The quantitative estimate of drug-likeness (QED) is 0.0454. The molecule has 1 rings (SSSR count). The Labute approximate surface area is 343 Å². The molecule has 1 aliphatic rings. The van der Waals surface area contributed by atoms with E-state index in [9.17, 15) is 9.59 Å². The number of carbonyl (C=O) groups is 2. The van der Waals surface area contributed by atoms with Crippen LogP contribution in [0.2, 0.25) is 0 Å². The zero-order valence-corrected chi connectivity index (χ0v) is 37.5. The van der Waals surface area contributed by atoms with Crippen molar-refractivity contribution >= 4 is 11.9 Å². The molecular formula is C49H95NO5. The molecule has 326 valence electrons. The van der Waals surface area contributed by atoms with Gasteiger partial charge < -0.3 is 14.2 Å². The van der Waals surface area contributed by atoms with Gasteiger partial charge in [-0.1, -0.05) is 175 Å². The van der Waals surface area contributed by atoms with Crippen LogP contribution >= 0.6 is 0 Å². The van der Waals surface area contributed by atoms with Gasteiger partial charge in [0, 0.05) is 32.0 Å². The molecule has 0 bridgehead atoms. The number of rotatable bonds is 42. The molecule has 1 aliphatic heterocycles. The minimum Gasteiger partial charge on any atom is -0.466 e. The minimum absolute atomic E-state index is 0.00812. The van der Waals surface area contributed by atoms with Gasteiger partial charge in [-0.05, 0) is 76.7 Å². The van der Waals surface area contributed by atoms with Gasteiger partial charge in [0.2, 0.25) is 0 Å². The Hall–Kier alpha value is -1.14. The third-order valence-corrected chi connectivity index (χ3v) is 11.9. The number of likely N-dealkylation sites (tertiary alicyclic amines) is 1. The number of unbranched alkanes of at least 4 members (excludes halogenated alkanes) is 25. The van der Waals surface area contributed by atoms with Crippen LogP contribution in [0.1, 0.15) is 252 Å². The lowest BCUT2D eigenvalue weighted by Crippen LogP contribution is -2.34. The molecule has 1 saturated heterocycles. The van der Waals surface area contributed by atoms with Gasteiger partial charge in [-0.25, -0.2) is 0 Å². The number of esters is 2. The van der Waals surface area contributed by atoms with E-state index in [0.29, 0.717) is 25.5 Å². The van der Waals surface area contributed by atoms with Gasteiger partial charge in [0.15, 0.2) is 0 Å². The number of hydrogen-bond donors (Lipinski definition) is 0. The second kappa shape index (κ2) is 39.7. The Morgan fingerprint density at radius 1 is 0.527 bits per heavy atom. The second-order valence-electron chi connectivity index (χ2n) is 17.5. The molecule has 1 fully saturated rings. The van der Waals surface area contributed by atoms with E-state index in [0.717, 1.165) is 77.0 Å². The zero-order valence-electron chi connectivity index (χ0n) is 37.5. The fourth-order valence-corrected chi connectivity index (χ4v) is 8.33. The lowest BCUT2D eigenvalue weighted by molar-refractivity contribution is -0.150. The Balaban J connectivity index is 2.06. The number of carbonyl (C=O) groups excluding carboxylic acids is 2. The Kier molecular flexibility index (Phi) is 37.4. The molecule has 0 aromatic rings. The van der Waals surface area contributed by atoms with E-state index >= 15 is 0 Å². The average Bonchev–Trinajstić information content (AvgIpc) is 3.53. The van der Waals surface area contributed by atoms with Gasteiger partial charge in [-0.15, -0.1) is 0 Å². The first-order valence-electron chi connectivity index (χ1n) is 24.7. The third kappa shape index (κ3) is 33.5. The Bertz CT molecular complexity index is 820. The molecule has 0 amide bonds. The summed E-state index contributed by atoms with van der Waals surface area (Å²) in [6.07, 6.45) is 41.6. The predicted molar refractivity (Wildman–Crippen MR) is 235 cm³/mol. The van der Waals surface area contributed by atoms with Crippen molar-refractivity contribution in [2.24, 2.45) is 5.92 Å². The summed E-state index contributed by atoms with van der Waals surface area (Å²) in [6.45, 7) is 13.8. The van der Waals surface area contributed by atoms with Crippen LogP contribution in [0.15, 0.2) is 0 Å². The van der Waals surface area contributed by atoms with Crippen LogP contribution < -0.4 is 0 Å². The molecule has 0 spiro atoms. The van der Waals surface area contributed by atoms with Crippen LogP contribution in [0.5, 0.6) is 0 Å². The maximum absolute atomic E-state index is 12.7. The van der Waals surface area contributed by atoms with E-state index in [-0.39, 0.29) is 18.0 Å². The van der Waals surface area contributed by atoms with Crippen molar-refractivity contribution in [3.05, 3.63) is 0 Å². The van der Waals surface area contributed by atoms with Crippen LogP contribution in [0.3, 0.4) is 0 Å². The highest BCUT2D eigenvalue weighted by molar-refractivity contribution is 5.69. The summed E-state index contributed by atoms with van der Waals surface area (Å²) in [5.41, 5.74) is 0. The van der Waals surface area contributed by atoms with Crippen LogP contribution in [-0.4, -0.2) is 61.9 Å². The molecule has 0 aromatic carbocycles. The Morgan fingerprint density at radius 2 is 0.964 bits per heavy atom. The fraction of sp³-hybridized carbons (Fsp3) is 0.959. The van der Waals surface area contributed by atoms with Crippen LogP contribution in [-0.2, 0) is 23.8 Å². The molecule has 6 nitrogen and oxygen atoms in total. The van der Waals surface area contributed by atoms with Crippen molar-refractivity contribution in [3.63, 3.8) is 0 Å². The lowest BCUT2D eigenvalue weighted by Gasteiger charge is -2.24. The van der Waals surface area contributed by atoms with Crippen molar-refractivity contribution in [1.82, 2.24) is 4.90 Å². The van der Waals surface area contributed by atoms with Gasteiger partial charge in [-0.3, -0.25) is 14.5 Å². The zero-order chi connectivity index (χ0) is 39.9. The van der Waals surface area contributed by atoms with E-state index in [2.05, 4.69) is 32.6 Å². The SMILES string of the molecule is CCCCCCCCCCCOC(=O)CCCCCCN1CC(C)C[C@H]1COCCCCCCCC(=O)OC(CCCCCCCC)CCCCCCCC. The summed E-state index contributed by atoms with van der Waals surface area (Å²) in [7, 11) is 0. The largest absolute Gasteiger partial charge is 0.466 e. The van der Waals surface area contributed by atoms with E-state index in [1.54, 1.807) is 0 Å². The average molecular weight is 778 g/mol. The molecule has 0 aliphatic carbocycles. The maximum Gasteiger partial charge on any atom is 0.306 e. The van der Waals surface area contributed by atoms with E-state index in [1.165, 1.54) is 167 Å². The normalized spacial score (nSPS) is 16.0. The summed E-state index contributed by atoms with van der Waals surface area (Å²) in [6, 6.07) is 0.544. The predicted octanol–water partition coefficient (Wildman–Crippen LogP) is 14.5. The maximum atomic E-state index is 12.7. The molecule has 6 heteroatoms. The standard InChI is InChI=1S/C49H95NO5/c1-5-8-11-14-17-18-19-27-34-41-54-48(51)37-30-24-25-32-39-50-43-45(4)42-46(50)44-53-40-33-26-20-23-31-38-49(52)55-47(35-28-21-15-12-9-6-2)36-29-22-16-13-10-7-3/h45-47H,5-44H2,1-4H3/t45?,46-/m0/s1. The Morgan fingerprint density at radius 3 is 1.51 bits per heavy atom. The van der Waals surface area contributed by atoms with Crippen molar-refractivity contribution in [2.75, 3.05) is 32.9 Å². The molecule has 0 radical (unpaired) electrons. The fourth-order valence-electron chi connectivity index (χ4n) is 8.33. The first-order valence-corrected chi connectivity index (χ1v) is 24.7. The number of ether oxygens (including phenoxy) is 3. The highest BCUT2D eigenvalue weighted by Crippen LogP contribution is 2.24. The van der Waals surface area contributed by atoms with Crippen LogP contribution in [0.25, 0.3) is 0 Å². The molecule has 0 aromatic heterocycles. The minimum atomic E-state index is -0.00812. The highest BCUT2D eigenvalue weighted by Gasteiger charge is 2.29. The highest BCUT2D eigenvalue weighted by atomic mass is 16.5. The van der Waals surface area contributed by atoms with Crippen LogP contribution in [0, 0.1) is 5.92 Å². The third-order valence-electron chi connectivity index (χ3n) is 11.9. The number of nitrogens with zero attached hydrogens (tertiary/aromatic N) is 1. The molecule has 0 saturated carbocycles. The molecule has 2 atom stereocenters. The molecular weight excluding hydrogens is 683 g/mol. The van der Waals surface area contributed by atoms with E-state index in [4.69, 9.17) is 14.2 Å². The first-order chi connectivity index (χ1) is 27.0. The van der Waals surface area contributed by atoms with Gasteiger partial charge in [0.25, 0.3) is 0 Å². The summed E-state index contributed by atoms with van der Waals surface area (Å²) in [4.78, 5) is 27.5. The number of hydrogen-bond acceptors (Lipinski definition) is 6. The molecule has 1 unspecified atom stereocenters. The van der Waals surface area contributed by atoms with Gasteiger partial charge >= 0.3 is 11.9 Å². The van der Waals surface area contributed by atoms with Gasteiger partial charge in [0.1, 0.15) is 6.10 Å². The molecule has 1 heterocycles. The van der Waals surface area contributed by atoms with Gasteiger partial charge in [-0.2, -0.15) is 0 Å². The van der Waals surface area contributed by atoms with E-state index < -0.39 is 0 Å². The second-order valence-corrected chi connectivity index (χ2v) is 17.5. The van der Waals surface area contributed by atoms with Gasteiger partial charge in [0.05, 0.1) is 13.2 Å². The summed E-state index contributed by atoms with van der Waals surface area (Å²) >= 11 is 0.